The average molecular weight is 319 g/mol. The topological polar surface area (TPSA) is 91.9 Å². The first-order valence-electron chi connectivity index (χ1n) is 7.34. The first kappa shape index (κ1) is 17.2. The zero-order valence-electron chi connectivity index (χ0n) is 12.9. The van der Waals surface area contributed by atoms with Gasteiger partial charge in [-0.2, -0.15) is 0 Å². The van der Waals surface area contributed by atoms with E-state index in [-0.39, 0.29) is 5.75 Å². The third-order valence-corrected chi connectivity index (χ3v) is 3.83. The summed E-state index contributed by atoms with van der Waals surface area (Å²) in [5.41, 5.74) is 2.01. The van der Waals surface area contributed by atoms with Crippen LogP contribution in [0, 0.1) is 0 Å². The van der Waals surface area contributed by atoms with E-state index in [1.54, 1.807) is 29.0 Å². The molecule has 0 aliphatic carbocycles. The Bertz CT molecular complexity index is 635. The highest BCUT2D eigenvalue weighted by molar-refractivity contribution is 5.75. The molecule has 0 fully saturated rings. The number of rotatable bonds is 8. The van der Waals surface area contributed by atoms with Gasteiger partial charge in [0, 0.05) is 25.4 Å². The summed E-state index contributed by atoms with van der Waals surface area (Å²) in [6.07, 6.45) is 1.33. The number of aldehydes is 1. The maximum atomic E-state index is 11.4. The summed E-state index contributed by atoms with van der Waals surface area (Å²) < 4.78 is 6.99. The molecule has 0 saturated heterocycles. The van der Waals surface area contributed by atoms with Crippen LogP contribution in [0.25, 0.3) is 0 Å². The van der Waals surface area contributed by atoms with E-state index in [4.69, 9.17) is 9.84 Å². The summed E-state index contributed by atoms with van der Waals surface area (Å²) in [6, 6.07) is 8.61. The molecule has 124 valence electrons. The number of phenols is 1. The fourth-order valence-electron chi connectivity index (χ4n) is 2.57. The van der Waals surface area contributed by atoms with Crippen molar-refractivity contribution in [3.05, 3.63) is 53.3 Å². The van der Waals surface area contributed by atoms with Crippen LogP contribution in [-0.4, -0.2) is 46.0 Å². The minimum absolute atomic E-state index is 0.214. The minimum atomic E-state index is -1.09. The molecular formula is C17H21NO5. The maximum absolute atomic E-state index is 11.4. The first-order valence-corrected chi connectivity index (χ1v) is 7.34. The fourth-order valence-corrected chi connectivity index (χ4v) is 2.57. The lowest BCUT2D eigenvalue weighted by Gasteiger charge is -2.20. The second-order valence-corrected chi connectivity index (χ2v) is 5.29. The van der Waals surface area contributed by atoms with Crippen molar-refractivity contribution in [2.24, 2.45) is 0 Å². The summed E-state index contributed by atoms with van der Waals surface area (Å²) in [4.78, 5) is 11.4. The van der Waals surface area contributed by atoms with E-state index in [9.17, 15) is 15.0 Å². The molecule has 23 heavy (non-hydrogen) atoms. The number of benzene rings is 1. The van der Waals surface area contributed by atoms with Crippen LogP contribution in [0.1, 0.15) is 27.7 Å². The van der Waals surface area contributed by atoms with Gasteiger partial charge in [0.15, 0.2) is 6.29 Å². The zero-order valence-corrected chi connectivity index (χ0v) is 12.9. The third kappa shape index (κ3) is 3.98. The minimum Gasteiger partial charge on any atom is -0.508 e. The smallest absolute Gasteiger partial charge is 0.166 e. The first-order chi connectivity index (χ1) is 11.1. The molecule has 0 saturated carbocycles. The molecule has 0 radical (unpaired) electrons. The van der Waals surface area contributed by atoms with Gasteiger partial charge in [-0.3, -0.25) is 4.79 Å². The van der Waals surface area contributed by atoms with Crippen LogP contribution >= 0.6 is 0 Å². The Morgan fingerprint density at radius 2 is 1.96 bits per heavy atom. The van der Waals surface area contributed by atoms with Gasteiger partial charge in [-0.25, -0.2) is 0 Å². The molecule has 6 nitrogen and oxygen atoms in total. The fraction of sp³-hybridized carbons (Fsp3) is 0.353. The van der Waals surface area contributed by atoms with E-state index in [2.05, 4.69) is 0 Å². The van der Waals surface area contributed by atoms with E-state index in [0.717, 1.165) is 11.8 Å². The van der Waals surface area contributed by atoms with Crippen molar-refractivity contribution in [1.29, 1.82) is 0 Å². The van der Waals surface area contributed by atoms with Crippen molar-refractivity contribution in [2.45, 2.75) is 25.2 Å². The number of carbonyl (C=O) groups excluding carboxylic acids is 1. The monoisotopic (exact) mass is 319 g/mol. The second kappa shape index (κ2) is 7.92. The van der Waals surface area contributed by atoms with Gasteiger partial charge in [0.25, 0.3) is 0 Å². The second-order valence-electron chi connectivity index (χ2n) is 5.29. The summed E-state index contributed by atoms with van der Waals surface area (Å²) in [6.45, 7) is 0.125. The lowest BCUT2D eigenvalue weighted by atomic mass is 10.1. The molecule has 6 heteroatoms. The largest absolute Gasteiger partial charge is 0.508 e. The standard InChI is InChI=1S/C17H21NO5/c1-23-17(16(22)11-20)14-7-9-18(15(14)10-19)8-6-12-2-4-13(21)5-3-12/h2-5,7,9-10,16-17,20-22H,6,8,11H2,1H3/t16-,17-/m1/s1. The lowest BCUT2D eigenvalue weighted by Crippen LogP contribution is -2.24. The molecule has 3 N–H and O–H groups in total. The van der Waals surface area contributed by atoms with Gasteiger partial charge in [-0.05, 0) is 30.2 Å². The Labute approximate surface area is 134 Å². The van der Waals surface area contributed by atoms with E-state index >= 15 is 0 Å². The number of aliphatic hydroxyl groups excluding tert-OH is 2. The van der Waals surface area contributed by atoms with Crippen LogP contribution in [0.4, 0.5) is 0 Å². The molecule has 0 spiro atoms. The molecular weight excluding hydrogens is 298 g/mol. The number of aromatic hydroxyl groups is 1. The molecule has 1 aromatic carbocycles. The Hall–Kier alpha value is -2.15. The molecule has 0 amide bonds. The number of hydrogen-bond acceptors (Lipinski definition) is 5. The summed E-state index contributed by atoms with van der Waals surface area (Å²) in [5, 5.41) is 28.2. The number of aryl methyl sites for hydroxylation is 2. The van der Waals surface area contributed by atoms with E-state index < -0.39 is 18.8 Å². The van der Waals surface area contributed by atoms with E-state index in [1.807, 2.05) is 12.1 Å². The molecule has 0 aliphatic heterocycles. The lowest BCUT2D eigenvalue weighted by molar-refractivity contribution is -0.0394. The molecule has 1 aromatic heterocycles. The maximum Gasteiger partial charge on any atom is 0.166 e. The van der Waals surface area contributed by atoms with Crippen molar-refractivity contribution >= 4 is 6.29 Å². The van der Waals surface area contributed by atoms with Crippen LogP contribution < -0.4 is 0 Å². The van der Waals surface area contributed by atoms with E-state index in [0.29, 0.717) is 24.2 Å². The van der Waals surface area contributed by atoms with Gasteiger partial charge in [-0.1, -0.05) is 12.1 Å². The van der Waals surface area contributed by atoms with Crippen LogP contribution in [0.3, 0.4) is 0 Å². The van der Waals surface area contributed by atoms with E-state index in [1.165, 1.54) is 7.11 Å². The molecule has 0 unspecified atom stereocenters. The predicted octanol–water partition coefficient (Wildman–Crippen LogP) is 1.29. The molecule has 2 rings (SSSR count). The van der Waals surface area contributed by atoms with Crippen molar-refractivity contribution in [3.63, 3.8) is 0 Å². The van der Waals surface area contributed by atoms with Gasteiger partial charge in [0.05, 0.1) is 12.3 Å². The van der Waals surface area contributed by atoms with Crippen LogP contribution in [0.15, 0.2) is 36.5 Å². The quantitative estimate of drug-likeness (QED) is 0.638. The summed E-state index contributed by atoms with van der Waals surface area (Å²) >= 11 is 0. The van der Waals surface area contributed by atoms with Gasteiger partial charge in [0.1, 0.15) is 18.0 Å². The number of phenolic OH excluding ortho intramolecular Hbond substituents is 1. The van der Waals surface area contributed by atoms with Crippen molar-refractivity contribution in [1.82, 2.24) is 4.57 Å². The number of nitrogens with zero attached hydrogens (tertiary/aromatic N) is 1. The molecule has 2 atom stereocenters. The highest BCUT2D eigenvalue weighted by atomic mass is 16.5. The highest BCUT2D eigenvalue weighted by Crippen LogP contribution is 2.25. The Morgan fingerprint density at radius 1 is 1.26 bits per heavy atom. The van der Waals surface area contributed by atoms with Crippen molar-refractivity contribution < 1.29 is 24.9 Å². The van der Waals surface area contributed by atoms with Crippen LogP contribution in [0.2, 0.25) is 0 Å². The molecule has 2 aromatic rings. The average Bonchev–Trinajstić information content (AvgIpc) is 2.97. The van der Waals surface area contributed by atoms with Gasteiger partial charge >= 0.3 is 0 Å². The number of ether oxygens (including phenoxy) is 1. The van der Waals surface area contributed by atoms with Crippen LogP contribution in [0.5, 0.6) is 5.75 Å². The highest BCUT2D eigenvalue weighted by Gasteiger charge is 2.24. The normalized spacial score (nSPS) is 13.7. The van der Waals surface area contributed by atoms with Gasteiger partial charge < -0.3 is 24.6 Å². The number of methoxy groups -OCH3 is 1. The van der Waals surface area contributed by atoms with Crippen LogP contribution in [-0.2, 0) is 17.7 Å². The summed E-state index contributed by atoms with van der Waals surface area (Å²) in [5.74, 6) is 0.214. The Balaban J connectivity index is 2.17. The Kier molecular flexibility index (Phi) is 5.92. The van der Waals surface area contributed by atoms with Gasteiger partial charge in [0.2, 0.25) is 0 Å². The Morgan fingerprint density at radius 3 is 2.52 bits per heavy atom. The number of aromatic nitrogens is 1. The zero-order chi connectivity index (χ0) is 16.8. The molecule has 0 aliphatic rings. The van der Waals surface area contributed by atoms with Gasteiger partial charge in [-0.15, -0.1) is 0 Å². The molecule has 0 bridgehead atoms. The third-order valence-electron chi connectivity index (χ3n) is 3.83. The molecule has 1 heterocycles. The van der Waals surface area contributed by atoms with Crippen molar-refractivity contribution in [2.75, 3.05) is 13.7 Å². The van der Waals surface area contributed by atoms with Crippen molar-refractivity contribution in [3.8, 4) is 5.75 Å². The number of carbonyl (C=O) groups is 1. The summed E-state index contributed by atoms with van der Waals surface area (Å²) in [7, 11) is 1.42. The number of aliphatic hydroxyl groups is 2. The number of hydrogen-bond donors (Lipinski definition) is 3. The SMILES string of the molecule is CO[C@H](c1ccn(CCc2ccc(O)cc2)c1C=O)[C@H](O)CO. The predicted molar refractivity (Wildman–Crippen MR) is 84.5 cm³/mol.